The molecule has 27 heavy (non-hydrogen) atoms. The third-order valence-electron chi connectivity index (χ3n) is 4.66. The van der Waals surface area contributed by atoms with E-state index >= 15 is 0 Å². The number of halogens is 1. The first kappa shape index (κ1) is 20.7. The zero-order chi connectivity index (χ0) is 19.8. The van der Waals surface area contributed by atoms with E-state index in [4.69, 9.17) is 0 Å². The minimum Gasteiger partial charge on any atom is -0.480 e. The summed E-state index contributed by atoms with van der Waals surface area (Å²) in [4.78, 5) is 37.6. The van der Waals surface area contributed by atoms with Gasteiger partial charge in [-0.15, -0.1) is 0 Å². The van der Waals surface area contributed by atoms with Crippen molar-refractivity contribution in [2.24, 2.45) is 5.92 Å². The zero-order valence-corrected chi connectivity index (χ0v) is 15.4. The summed E-state index contributed by atoms with van der Waals surface area (Å²) in [5.74, 6) is -2.42. The quantitative estimate of drug-likeness (QED) is 0.678. The van der Waals surface area contributed by atoms with E-state index < -0.39 is 29.8 Å². The molecule has 2 unspecified atom stereocenters. The largest absolute Gasteiger partial charge is 0.480 e. The van der Waals surface area contributed by atoms with E-state index in [1.54, 1.807) is 6.07 Å². The third-order valence-corrected chi connectivity index (χ3v) is 4.66. The number of carboxylic acids is 1. The molecule has 1 aliphatic heterocycles. The second-order valence-corrected chi connectivity index (χ2v) is 6.74. The first-order valence-electron chi connectivity index (χ1n) is 9.26. The van der Waals surface area contributed by atoms with E-state index in [1.807, 2.05) is 6.92 Å². The molecule has 0 radical (unpaired) electrons. The van der Waals surface area contributed by atoms with Gasteiger partial charge in [0.15, 0.2) is 0 Å². The van der Waals surface area contributed by atoms with E-state index in [1.165, 1.54) is 23.1 Å². The number of hydrogen-bond acceptors (Lipinski definition) is 3. The molecule has 0 aromatic heterocycles. The van der Waals surface area contributed by atoms with E-state index in [2.05, 4.69) is 10.6 Å². The molecule has 0 aliphatic carbocycles. The summed E-state index contributed by atoms with van der Waals surface area (Å²) < 4.78 is 13.7. The first-order valence-corrected chi connectivity index (χ1v) is 9.26. The van der Waals surface area contributed by atoms with E-state index in [9.17, 15) is 23.9 Å². The van der Waals surface area contributed by atoms with Gasteiger partial charge in [0.05, 0.1) is 11.6 Å². The van der Waals surface area contributed by atoms with Gasteiger partial charge in [-0.1, -0.05) is 31.9 Å². The lowest BCUT2D eigenvalue weighted by molar-refractivity contribution is -0.143. The summed E-state index contributed by atoms with van der Waals surface area (Å²) in [5.41, 5.74) is 0.0829. The predicted octanol–water partition coefficient (Wildman–Crippen LogP) is 2.83. The van der Waals surface area contributed by atoms with Gasteiger partial charge in [-0.3, -0.25) is 4.79 Å². The first-order chi connectivity index (χ1) is 12.9. The van der Waals surface area contributed by atoms with Gasteiger partial charge < -0.3 is 20.6 Å². The summed E-state index contributed by atoms with van der Waals surface area (Å²) in [5, 5.41) is 14.3. The van der Waals surface area contributed by atoms with Crippen molar-refractivity contribution in [1.29, 1.82) is 0 Å². The Balaban J connectivity index is 1.94. The van der Waals surface area contributed by atoms with Crippen molar-refractivity contribution in [2.75, 3.05) is 18.4 Å². The van der Waals surface area contributed by atoms with Gasteiger partial charge in [-0.05, 0) is 31.4 Å². The molecule has 3 amide bonds. The number of unbranched alkanes of at least 4 members (excludes halogenated alkanes) is 1. The number of nitrogens with zero attached hydrogens (tertiary/aromatic N) is 1. The van der Waals surface area contributed by atoms with Crippen LogP contribution in [0, 0.1) is 11.7 Å². The summed E-state index contributed by atoms with van der Waals surface area (Å²) in [6, 6.07) is 4.48. The summed E-state index contributed by atoms with van der Waals surface area (Å²) in [6.45, 7) is 2.59. The van der Waals surface area contributed by atoms with E-state index in [0.29, 0.717) is 32.2 Å². The molecule has 2 atom stereocenters. The van der Waals surface area contributed by atoms with Crippen LogP contribution in [0.3, 0.4) is 0 Å². The van der Waals surface area contributed by atoms with Crippen molar-refractivity contribution < 1.29 is 23.9 Å². The maximum Gasteiger partial charge on any atom is 0.326 e. The molecule has 1 aromatic rings. The van der Waals surface area contributed by atoms with Crippen molar-refractivity contribution in [3.63, 3.8) is 0 Å². The Morgan fingerprint density at radius 1 is 1.33 bits per heavy atom. The van der Waals surface area contributed by atoms with E-state index in [0.717, 1.165) is 6.42 Å². The lowest BCUT2D eigenvalue weighted by Crippen LogP contribution is -2.50. The van der Waals surface area contributed by atoms with Gasteiger partial charge in [0.1, 0.15) is 11.9 Å². The number of amides is 3. The monoisotopic (exact) mass is 379 g/mol. The van der Waals surface area contributed by atoms with Gasteiger partial charge in [0.2, 0.25) is 5.91 Å². The number of carbonyl (C=O) groups is 3. The minimum absolute atomic E-state index is 0.0829. The fraction of sp³-hybridized carbons (Fsp3) is 0.526. The Bertz CT molecular complexity index is 683. The van der Waals surface area contributed by atoms with Crippen LogP contribution in [0.5, 0.6) is 0 Å². The van der Waals surface area contributed by atoms with Crippen LogP contribution in [-0.4, -0.2) is 47.0 Å². The Hall–Kier alpha value is -2.64. The Labute approximate surface area is 157 Å². The number of anilines is 1. The predicted molar refractivity (Wildman–Crippen MR) is 98.8 cm³/mol. The fourth-order valence-corrected chi connectivity index (χ4v) is 3.09. The molecular formula is C19H26FN3O4. The van der Waals surface area contributed by atoms with Crippen molar-refractivity contribution in [1.82, 2.24) is 10.2 Å². The zero-order valence-electron chi connectivity index (χ0n) is 15.4. The number of urea groups is 1. The highest BCUT2D eigenvalue weighted by atomic mass is 19.1. The number of carboxylic acid groups (broad SMARTS) is 1. The van der Waals surface area contributed by atoms with Crippen LogP contribution in [0.1, 0.15) is 39.0 Å². The number of piperidine rings is 1. The molecule has 0 bridgehead atoms. The number of rotatable bonds is 7. The SMILES string of the molecule is CCCCC(NC(=O)C1CCCN(C(=O)Nc2ccccc2F)C1)C(=O)O. The average Bonchev–Trinajstić information content (AvgIpc) is 2.66. The number of hydrogen-bond donors (Lipinski definition) is 3. The second-order valence-electron chi connectivity index (χ2n) is 6.74. The maximum absolute atomic E-state index is 13.7. The number of likely N-dealkylation sites (tertiary alicyclic amines) is 1. The molecule has 1 heterocycles. The molecule has 8 heteroatoms. The lowest BCUT2D eigenvalue weighted by Gasteiger charge is -2.32. The van der Waals surface area contributed by atoms with Gasteiger partial charge in [0, 0.05) is 13.1 Å². The van der Waals surface area contributed by atoms with Crippen LogP contribution >= 0.6 is 0 Å². The second kappa shape index (κ2) is 9.89. The smallest absolute Gasteiger partial charge is 0.326 e. The van der Waals surface area contributed by atoms with Crippen molar-refractivity contribution in [2.45, 2.75) is 45.1 Å². The molecule has 3 N–H and O–H groups in total. The normalized spacial score (nSPS) is 17.9. The highest BCUT2D eigenvalue weighted by Crippen LogP contribution is 2.19. The van der Waals surface area contributed by atoms with Gasteiger partial charge in [-0.25, -0.2) is 14.0 Å². The molecule has 1 aromatic carbocycles. The number of benzene rings is 1. The standard InChI is InChI=1S/C19H26FN3O4/c1-2-3-9-16(18(25)26)21-17(24)13-7-6-11-23(12-13)19(27)22-15-10-5-4-8-14(15)20/h4-5,8,10,13,16H,2-3,6-7,9,11-12H2,1H3,(H,21,24)(H,22,27)(H,25,26). The Kier molecular flexibility index (Phi) is 7.57. The molecule has 1 aliphatic rings. The Morgan fingerprint density at radius 2 is 2.07 bits per heavy atom. The minimum atomic E-state index is -1.05. The summed E-state index contributed by atoms with van der Waals surface area (Å²) >= 11 is 0. The summed E-state index contributed by atoms with van der Waals surface area (Å²) in [7, 11) is 0. The number of carbonyl (C=O) groups excluding carboxylic acids is 2. The number of para-hydroxylation sites is 1. The molecule has 1 fully saturated rings. The van der Waals surface area contributed by atoms with Gasteiger partial charge in [-0.2, -0.15) is 0 Å². The molecule has 0 spiro atoms. The molecule has 2 rings (SSSR count). The van der Waals surface area contributed by atoms with Crippen molar-refractivity contribution >= 4 is 23.6 Å². The highest BCUT2D eigenvalue weighted by molar-refractivity contribution is 5.90. The van der Waals surface area contributed by atoms with Crippen molar-refractivity contribution in [3.8, 4) is 0 Å². The van der Waals surface area contributed by atoms with E-state index in [-0.39, 0.29) is 18.1 Å². The van der Waals surface area contributed by atoms with Crippen molar-refractivity contribution in [3.05, 3.63) is 30.1 Å². The van der Waals surface area contributed by atoms with Crippen LogP contribution in [0.15, 0.2) is 24.3 Å². The molecule has 148 valence electrons. The van der Waals surface area contributed by atoms with Crippen LogP contribution in [0.2, 0.25) is 0 Å². The van der Waals surface area contributed by atoms with Gasteiger partial charge >= 0.3 is 12.0 Å². The molecule has 0 saturated carbocycles. The maximum atomic E-state index is 13.7. The van der Waals surface area contributed by atoms with Gasteiger partial charge in [0.25, 0.3) is 0 Å². The average molecular weight is 379 g/mol. The Morgan fingerprint density at radius 3 is 2.74 bits per heavy atom. The number of nitrogens with one attached hydrogen (secondary N) is 2. The molecule has 7 nitrogen and oxygen atoms in total. The summed E-state index contributed by atoms with van der Waals surface area (Å²) in [6.07, 6.45) is 3.12. The van der Waals surface area contributed by atoms with Crippen LogP contribution in [0.25, 0.3) is 0 Å². The molecular weight excluding hydrogens is 353 g/mol. The fourth-order valence-electron chi connectivity index (χ4n) is 3.09. The third kappa shape index (κ3) is 5.94. The topological polar surface area (TPSA) is 98.7 Å². The lowest BCUT2D eigenvalue weighted by atomic mass is 9.96. The van der Waals surface area contributed by atoms with Crippen LogP contribution < -0.4 is 10.6 Å². The van der Waals surface area contributed by atoms with Crippen LogP contribution in [-0.2, 0) is 9.59 Å². The highest BCUT2D eigenvalue weighted by Gasteiger charge is 2.31. The molecule has 1 saturated heterocycles. The number of aliphatic carboxylic acids is 1. The van der Waals surface area contributed by atoms with Crippen LogP contribution in [0.4, 0.5) is 14.9 Å².